The maximum absolute atomic E-state index is 13.4. The van der Waals surface area contributed by atoms with Crippen LogP contribution in [-0.2, 0) is 9.59 Å². The lowest BCUT2D eigenvalue weighted by atomic mass is 10.0. The van der Waals surface area contributed by atoms with Gasteiger partial charge in [0, 0.05) is 10.7 Å². The largest absolute Gasteiger partial charge is 0.497 e. The van der Waals surface area contributed by atoms with E-state index in [1.807, 2.05) is 6.92 Å². The normalized spacial score (nSPS) is 13.5. The standard InChI is InChI=1S/C25H21ClN2O4/c1-3-32-21-13-9-18(10-14-21)27-23-22(16-7-11-20(31-2)12-8-16)24(29)28(25(23)30)19-6-4-5-17(26)15-19/h4-15,27H,3H2,1-2H3. The molecule has 162 valence electrons. The highest BCUT2D eigenvalue weighted by Gasteiger charge is 2.40. The molecule has 3 aromatic rings. The van der Waals surface area contributed by atoms with E-state index in [9.17, 15) is 9.59 Å². The first-order valence-corrected chi connectivity index (χ1v) is 10.4. The van der Waals surface area contributed by atoms with Crippen molar-refractivity contribution in [2.45, 2.75) is 6.92 Å². The SMILES string of the molecule is CCOc1ccc(NC2=C(c3ccc(OC)cc3)C(=O)N(c3cccc(Cl)c3)C2=O)cc1. The first-order valence-electron chi connectivity index (χ1n) is 10.0. The van der Waals surface area contributed by atoms with Crippen LogP contribution in [-0.4, -0.2) is 25.5 Å². The van der Waals surface area contributed by atoms with Crippen molar-refractivity contribution in [3.05, 3.63) is 89.1 Å². The molecule has 7 heteroatoms. The van der Waals surface area contributed by atoms with Crippen molar-refractivity contribution >= 4 is 40.4 Å². The summed E-state index contributed by atoms with van der Waals surface area (Å²) in [6.07, 6.45) is 0. The molecule has 0 aromatic heterocycles. The summed E-state index contributed by atoms with van der Waals surface area (Å²) in [5.74, 6) is 0.475. The van der Waals surface area contributed by atoms with Crippen LogP contribution in [0.15, 0.2) is 78.5 Å². The Morgan fingerprint density at radius 3 is 2.22 bits per heavy atom. The van der Waals surface area contributed by atoms with Crippen molar-refractivity contribution in [2.24, 2.45) is 0 Å². The smallest absolute Gasteiger partial charge is 0.282 e. The Hall–Kier alpha value is -3.77. The molecule has 0 radical (unpaired) electrons. The fourth-order valence-electron chi connectivity index (χ4n) is 3.47. The lowest BCUT2D eigenvalue weighted by molar-refractivity contribution is -0.120. The maximum atomic E-state index is 13.4. The third-order valence-electron chi connectivity index (χ3n) is 4.96. The molecule has 0 atom stereocenters. The molecule has 0 unspecified atom stereocenters. The number of nitrogens with one attached hydrogen (secondary N) is 1. The maximum Gasteiger partial charge on any atom is 0.282 e. The van der Waals surface area contributed by atoms with Gasteiger partial charge in [-0.15, -0.1) is 0 Å². The molecule has 2 amide bonds. The lowest BCUT2D eigenvalue weighted by Crippen LogP contribution is -2.32. The van der Waals surface area contributed by atoms with Crippen LogP contribution in [0.3, 0.4) is 0 Å². The number of amides is 2. The molecule has 6 nitrogen and oxygen atoms in total. The fourth-order valence-corrected chi connectivity index (χ4v) is 3.65. The predicted octanol–water partition coefficient (Wildman–Crippen LogP) is 5.14. The lowest BCUT2D eigenvalue weighted by Gasteiger charge is -2.15. The molecule has 0 saturated heterocycles. The highest BCUT2D eigenvalue weighted by Crippen LogP contribution is 2.35. The predicted molar refractivity (Wildman–Crippen MR) is 125 cm³/mol. The van der Waals surface area contributed by atoms with Crippen molar-refractivity contribution in [1.82, 2.24) is 0 Å². The highest BCUT2D eigenvalue weighted by atomic mass is 35.5. The Labute approximate surface area is 191 Å². The Morgan fingerprint density at radius 2 is 1.59 bits per heavy atom. The summed E-state index contributed by atoms with van der Waals surface area (Å²) in [4.78, 5) is 28.0. The molecule has 0 fully saturated rings. The van der Waals surface area contributed by atoms with Crippen LogP contribution in [0, 0.1) is 0 Å². The van der Waals surface area contributed by atoms with E-state index in [-0.39, 0.29) is 11.3 Å². The minimum Gasteiger partial charge on any atom is -0.497 e. The van der Waals surface area contributed by atoms with Gasteiger partial charge in [-0.25, -0.2) is 4.90 Å². The van der Waals surface area contributed by atoms with Crippen molar-refractivity contribution in [2.75, 3.05) is 23.9 Å². The van der Waals surface area contributed by atoms with Gasteiger partial charge in [0.2, 0.25) is 0 Å². The van der Waals surface area contributed by atoms with Crippen molar-refractivity contribution < 1.29 is 19.1 Å². The summed E-state index contributed by atoms with van der Waals surface area (Å²) in [6, 6.07) is 20.8. The van der Waals surface area contributed by atoms with Crippen LogP contribution in [0.2, 0.25) is 5.02 Å². The van der Waals surface area contributed by atoms with Crippen LogP contribution >= 0.6 is 11.6 Å². The van der Waals surface area contributed by atoms with E-state index in [0.29, 0.717) is 34.3 Å². The topological polar surface area (TPSA) is 67.9 Å². The zero-order valence-electron chi connectivity index (χ0n) is 17.6. The third-order valence-corrected chi connectivity index (χ3v) is 5.20. The minimum atomic E-state index is -0.461. The van der Waals surface area contributed by atoms with Gasteiger partial charge in [0.15, 0.2) is 0 Å². The van der Waals surface area contributed by atoms with Gasteiger partial charge in [-0.3, -0.25) is 9.59 Å². The van der Waals surface area contributed by atoms with Gasteiger partial charge in [0.25, 0.3) is 11.8 Å². The van der Waals surface area contributed by atoms with Gasteiger partial charge >= 0.3 is 0 Å². The monoisotopic (exact) mass is 448 g/mol. The van der Waals surface area contributed by atoms with Crippen molar-refractivity contribution in [3.63, 3.8) is 0 Å². The number of rotatable bonds is 7. The highest BCUT2D eigenvalue weighted by molar-refractivity contribution is 6.46. The van der Waals surface area contributed by atoms with Crippen LogP contribution in [0.5, 0.6) is 11.5 Å². The second-order valence-electron chi connectivity index (χ2n) is 6.99. The van der Waals surface area contributed by atoms with Crippen molar-refractivity contribution in [3.8, 4) is 11.5 Å². The summed E-state index contributed by atoms with van der Waals surface area (Å²) in [7, 11) is 1.57. The number of hydrogen-bond donors (Lipinski definition) is 1. The number of imide groups is 1. The van der Waals surface area contributed by atoms with E-state index >= 15 is 0 Å². The van der Waals surface area contributed by atoms with E-state index < -0.39 is 11.8 Å². The first-order chi connectivity index (χ1) is 15.5. The van der Waals surface area contributed by atoms with E-state index in [0.717, 1.165) is 10.6 Å². The summed E-state index contributed by atoms with van der Waals surface area (Å²) in [5.41, 5.74) is 2.11. The second kappa shape index (κ2) is 9.16. The number of nitrogens with zero attached hydrogens (tertiary/aromatic N) is 1. The Balaban J connectivity index is 1.76. The summed E-state index contributed by atoms with van der Waals surface area (Å²) >= 11 is 6.11. The van der Waals surface area contributed by atoms with Gasteiger partial charge in [-0.05, 0) is 67.1 Å². The average Bonchev–Trinajstić information content (AvgIpc) is 3.04. The quantitative estimate of drug-likeness (QED) is 0.506. The molecule has 0 bridgehead atoms. The van der Waals surface area contributed by atoms with Crippen LogP contribution < -0.4 is 19.7 Å². The first kappa shape index (κ1) is 21.5. The van der Waals surface area contributed by atoms with Gasteiger partial charge in [-0.2, -0.15) is 0 Å². The van der Waals surface area contributed by atoms with E-state index in [1.54, 1.807) is 79.9 Å². The Bertz CT molecular complexity index is 1190. The van der Waals surface area contributed by atoms with Gasteiger partial charge in [-0.1, -0.05) is 29.8 Å². The molecule has 0 aliphatic carbocycles. The van der Waals surface area contributed by atoms with Crippen molar-refractivity contribution in [1.29, 1.82) is 0 Å². The zero-order chi connectivity index (χ0) is 22.7. The Kier molecular flexibility index (Phi) is 6.14. The molecule has 1 heterocycles. The van der Waals surface area contributed by atoms with E-state index in [4.69, 9.17) is 21.1 Å². The number of carbonyl (C=O) groups excluding carboxylic acids is 2. The average molecular weight is 449 g/mol. The molecule has 1 aliphatic rings. The molecule has 32 heavy (non-hydrogen) atoms. The number of carbonyl (C=O) groups is 2. The molecular weight excluding hydrogens is 428 g/mol. The number of ether oxygens (including phenoxy) is 2. The summed E-state index contributed by atoms with van der Waals surface area (Å²) < 4.78 is 10.7. The number of halogens is 1. The van der Waals surface area contributed by atoms with E-state index in [1.165, 1.54) is 0 Å². The van der Waals surface area contributed by atoms with Crippen LogP contribution in [0.1, 0.15) is 12.5 Å². The fraction of sp³-hybridized carbons (Fsp3) is 0.120. The van der Waals surface area contributed by atoms with Crippen LogP contribution in [0.4, 0.5) is 11.4 Å². The van der Waals surface area contributed by atoms with Gasteiger partial charge in [0.05, 0.1) is 25.0 Å². The number of hydrogen-bond acceptors (Lipinski definition) is 5. The molecular formula is C25H21ClN2O4. The molecule has 4 rings (SSSR count). The molecule has 0 spiro atoms. The number of benzene rings is 3. The van der Waals surface area contributed by atoms with Gasteiger partial charge in [0.1, 0.15) is 17.2 Å². The van der Waals surface area contributed by atoms with Crippen LogP contribution in [0.25, 0.3) is 5.57 Å². The second-order valence-corrected chi connectivity index (χ2v) is 7.42. The molecule has 0 saturated carbocycles. The van der Waals surface area contributed by atoms with Gasteiger partial charge < -0.3 is 14.8 Å². The van der Waals surface area contributed by atoms with E-state index in [2.05, 4.69) is 5.32 Å². The molecule has 3 aromatic carbocycles. The third kappa shape index (κ3) is 4.18. The summed E-state index contributed by atoms with van der Waals surface area (Å²) in [5, 5.41) is 3.56. The Morgan fingerprint density at radius 1 is 0.906 bits per heavy atom. The minimum absolute atomic E-state index is 0.185. The number of anilines is 2. The molecule has 1 N–H and O–H groups in total. The number of methoxy groups -OCH3 is 1. The molecule has 1 aliphatic heterocycles. The summed E-state index contributed by atoms with van der Waals surface area (Å²) in [6.45, 7) is 2.46. The zero-order valence-corrected chi connectivity index (χ0v) is 18.3.